The number of nitrogens with zero attached hydrogens (tertiary/aromatic N) is 1. The zero-order valence-electron chi connectivity index (χ0n) is 11.4. The van der Waals surface area contributed by atoms with Crippen molar-refractivity contribution in [2.75, 3.05) is 6.54 Å². The Hall–Kier alpha value is -1.08. The number of hydrogen-bond donors (Lipinski definition) is 0. The predicted molar refractivity (Wildman–Crippen MR) is 76.0 cm³/mol. The van der Waals surface area contributed by atoms with Crippen molar-refractivity contribution in [3.05, 3.63) is 48.0 Å². The van der Waals surface area contributed by atoms with Crippen molar-refractivity contribution in [2.24, 2.45) is 0 Å². The minimum absolute atomic E-state index is 0.612. The van der Waals surface area contributed by atoms with Crippen LogP contribution in [0.15, 0.2) is 42.5 Å². The van der Waals surface area contributed by atoms with Crippen molar-refractivity contribution in [3.63, 3.8) is 0 Å². The Morgan fingerprint density at radius 3 is 2.47 bits per heavy atom. The quantitative estimate of drug-likeness (QED) is 0.501. The third-order valence-electron chi connectivity index (χ3n) is 3.01. The zero-order valence-corrected chi connectivity index (χ0v) is 11.4. The van der Waals surface area contributed by atoms with E-state index in [1.807, 2.05) is 0 Å². The molecule has 0 saturated carbocycles. The molecule has 94 valence electrons. The topological polar surface area (TPSA) is 3.24 Å². The van der Waals surface area contributed by atoms with Crippen LogP contribution in [-0.4, -0.2) is 17.5 Å². The average molecular weight is 231 g/mol. The number of unbranched alkanes of at least 4 members (excludes halogenated alkanes) is 1. The summed E-state index contributed by atoms with van der Waals surface area (Å²) in [6, 6.07) is 11.3. The minimum Gasteiger partial charge on any atom is -0.297 e. The summed E-state index contributed by atoms with van der Waals surface area (Å²) in [4.78, 5) is 2.54. The fraction of sp³-hybridized carbons (Fsp3) is 0.500. The minimum atomic E-state index is 0.612. The SMILES string of the molecule is C/C=C/CCCN(Cc1ccccc1)C(C)C. The van der Waals surface area contributed by atoms with E-state index in [2.05, 4.69) is 68.2 Å². The first-order chi connectivity index (χ1) is 8.24. The highest BCUT2D eigenvalue weighted by Crippen LogP contribution is 2.09. The van der Waals surface area contributed by atoms with Gasteiger partial charge in [-0.15, -0.1) is 0 Å². The molecule has 0 radical (unpaired) electrons. The highest BCUT2D eigenvalue weighted by molar-refractivity contribution is 5.14. The third-order valence-corrected chi connectivity index (χ3v) is 3.01. The van der Waals surface area contributed by atoms with E-state index in [0.717, 1.165) is 6.54 Å². The monoisotopic (exact) mass is 231 g/mol. The van der Waals surface area contributed by atoms with Crippen LogP contribution in [0.5, 0.6) is 0 Å². The standard InChI is InChI=1S/C16H25N/c1-4-5-6-10-13-17(15(2)3)14-16-11-8-7-9-12-16/h4-5,7-9,11-12,15H,6,10,13-14H2,1-3H3/b5-4+. The summed E-state index contributed by atoms with van der Waals surface area (Å²) in [6.07, 6.45) is 6.82. The molecule has 0 saturated heterocycles. The van der Waals surface area contributed by atoms with Gasteiger partial charge >= 0.3 is 0 Å². The Bertz CT molecular complexity index is 314. The lowest BCUT2D eigenvalue weighted by Gasteiger charge is -2.26. The first-order valence-electron chi connectivity index (χ1n) is 6.63. The zero-order chi connectivity index (χ0) is 12.5. The largest absolute Gasteiger partial charge is 0.297 e. The molecule has 1 aromatic rings. The molecule has 0 amide bonds. The Morgan fingerprint density at radius 1 is 1.18 bits per heavy atom. The molecular weight excluding hydrogens is 206 g/mol. The molecule has 0 atom stereocenters. The molecule has 0 spiro atoms. The van der Waals surface area contributed by atoms with Crippen molar-refractivity contribution in [3.8, 4) is 0 Å². The van der Waals surface area contributed by atoms with Gasteiger partial charge in [0.1, 0.15) is 0 Å². The van der Waals surface area contributed by atoms with Gasteiger partial charge in [-0.3, -0.25) is 4.90 Å². The summed E-state index contributed by atoms with van der Waals surface area (Å²) in [5.74, 6) is 0. The van der Waals surface area contributed by atoms with Gasteiger partial charge in [0.25, 0.3) is 0 Å². The van der Waals surface area contributed by atoms with Gasteiger partial charge in [-0.25, -0.2) is 0 Å². The number of hydrogen-bond acceptors (Lipinski definition) is 1. The molecule has 17 heavy (non-hydrogen) atoms. The van der Waals surface area contributed by atoms with Crippen molar-refractivity contribution in [1.82, 2.24) is 4.90 Å². The van der Waals surface area contributed by atoms with E-state index in [1.54, 1.807) is 0 Å². The van der Waals surface area contributed by atoms with Crippen LogP contribution in [0.2, 0.25) is 0 Å². The van der Waals surface area contributed by atoms with Crippen LogP contribution in [0.25, 0.3) is 0 Å². The molecule has 0 aliphatic heterocycles. The Morgan fingerprint density at radius 2 is 1.88 bits per heavy atom. The first kappa shape index (κ1) is 14.0. The van der Waals surface area contributed by atoms with E-state index < -0.39 is 0 Å². The van der Waals surface area contributed by atoms with Gasteiger partial charge in [-0.05, 0) is 45.7 Å². The van der Waals surface area contributed by atoms with E-state index in [1.165, 1.54) is 24.9 Å². The summed E-state index contributed by atoms with van der Waals surface area (Å²) in [6.45, 7) is 8.88. The fourth-order valence-electron chi connectivity index (χ4n) is 1.92. The molecule has 0 aromatic heterocycles. The summed E-state index contributed by atoms with van der Waals surface area (Å²) < 4.78 is 0. The van der Waals surface area contributed by atoms with Crippen LogP contribution in [0.3, 0.4) is 0 Å². The van der Waals surface area contributed by atoms with Gasteiger partial charge in [-0.2, -0.15) is 0 Å². The maximum atomic E-state index is 2.54. The molecule has 0 aliphatic rings. The molecule has 1 rings (SSSR count). The van der Waals surface area contributed by atoms with Crippen LogP contribution in [-0.2, 0) is 6.54 Å². The average Bonchev–Trinajstić information content (AvgIpc) is 2.34. The van der Waals surface area contributed by atoms with Gasteiger partial charge in [0.15, 0.2) is 0 Å². The van der Waals surface area contributed by atoms with E-state index in [9.17, 15) is 0 Å². The smallest absolute Gasteiger partial charge is 0.0236 e. The maximum absolute atomic E-state index is 2.54. The molecule has 0 unspecified atom stereocenters. The highest BCUT2D eigenvalue weighted by Gasteiger charge is 2.08. The molecule has 0 aliphatic carbocycles. The molecular formula is C16H25N. The lowest BCUT2D eigenvalue weighted by Crippen LogP contribution is -2.31. The second-order valence-electron chi connectivity index (χ2n) is 4.76. The van der Waals surface area contributed by atoms with Gasteiger partial charge in [-0.1, -0.05) is 42.5 Å². The van der Waals surface area contributed by atoms with Crippen LogP contribution < -0.4 is 0 Å². The molecule has 1 heteroatoms. The van der Waals surface area contributed by atoms with Crippen molar-refractivity contribution >= 4 is 0 Å². The fourth-order valence-corrected chi connectivity index (χ4v) is 1.92. The predicted octanol–water partition coefficient (Wildman–Crippen LogP) is 4.25. The second-order valence-corrected chi connectivity index (χ2v) is 4.76. The lowest BCUT2D eigenvalue weighted by molar-refractivity contribution is 0.211. The molecule has 1 aromatic carbocycles. The van der Waals surface area contributed by atoms with Gasteiger partial charge < -0.3 is 0 Å². The van der Waals surface area contributed by atoms with Gasteiger partial charge in [0.05, 0.1) is 0 Å². The van der Waals surface area contributed by atoms with Crippen molar-refractivity contribution in [1.29, 1.82) is 0 Å². The molecule has 0 fully saturated rings. The van der Waals surface area contributed by atoms with Gasteiger partial charge in [0.2, 0.25) is 0 Å². The number of benzene rings is 1. The van der Waals surface area contributed by atoms with Crippen LogP contribution in [0.4, 0.5) is 0 Å². The van der Waals surface area contributed by atoms with E-state index in [-0.39, 0.29) is 0 Å². The van der Waals surface area contributed by atoms with E-state index in [4.69, 9.17) is 0 Å². The first-order valence-corrected chi connectivity index (χ1v) is 6.63. The van der Waals surface area contributed by atoms with Crippen molar-refractivity contribution < 1.29 is 0 Å². The number of rotatable bonds is 7. The van der Waals surface area contributed by atoms with Crippen molar-refractivity contribution in [2.45, 2.75) is 46.2 Å². The number of allylic oxidation sites excluding steroid dienone is 2. The second kappa shape index (κ2) is 8.08. The highest BCUT2D eigenvalue weighted by atomic mass is 15.1. The third kappa shape index (κ3) is 5.69. The lowest BCUT2D eigenvalue weighted by atomic mass is 10.1. The Labute approximate surface area is 106 Å². The maximum Gasteiger partial charge on any atom is 0.0236 e. The van der Waals surface area contributed by atoms with Crippen LogP contribution >= 0.6 is 0 Å². The molecule has 1 nitrogen and oxygen atoms in total. The summed E-state index contributed by atoms with van der Waals surface area (Å²) in [5.41, 5.74) is 1.41. The summed E-state index contributed by atoms with van der Waals surface area (Å²) >= 11 is 0. The summed E-state index contributed by atoms with van der Waals surface area (Å²) in [5, 5.41) is 0. The van der Waals surface area contributed by atoms with Crippen LogP contribution in [0.1, 0.15) is 39.2 Å². The summed E-state index contributed by atoms with van der Waals surface area (Å²) in [7, 11) is 0. The normalized spacial score (nSPS) is 11.8. The Balaban J connectivity index is 2.43. The van der Waals surface area contributed by atoms with E-state index >= 15 is 0 Å². The Kier molecular flexibility index (Phi) is 6.64. The molecule has 0 N–H and O–H groups in total. The van der Waals surface area contributed by atoms with Crippen LogP contribution in [0, 0.1) is 0 Å². The molecule has 0 bridgehead atoms. The van der Waals surface area contributed by atoms with Gasteiger partial charge in [0, 0.05) is 12.6 Å². The molecule has 0 heterocycles. The van der Waals surface area contributed by atoms with E-state index in [0.29, 0.717) is 6.04 Å².